The number of rotatable bonds is 0. The Morgan fingerprint density at radius 2 is 0.826 bits per heavy atom. The van der Waals surface area contributed by atoms with Gasteiger partial charge in [0.05, 0.1) is 0 Å². The van der Waals surface area contributed by atoms with Crippen LogP contribution in [-0.2, 0) is 12.8 Å². The van der Waals surface area contributed by atoms with Gasteiger partial charge in [0.25, 0.3) is 0 Å². The molecule has 0 aliphatic heterocycles. The van der Waals surface area contributed by atoms with Gasteiger partial charge in [0, 0.05) is 0 Å². The average molecular weight is 601 g/mol. The molecular formula is C46H48. The molecule has 0 aromatic heterocycles. The fourth-order valence-corrected chi connectivity index (χ4v) is 5.94. The smallest absolute Gasteiger partial charge is 0.00882 e. The molecule has 9 rings (SSSR count). The zero-order valence-corrected chi connectivity index (χ0v) is 27.2. The van der Waals surface area contributed by atoms with Gasteiger partial charge < -0.3 is 0 Å². The molecule has 0 heteroatoms. The third-order valence-electron chi connectivity index (χ3n) is 8.53. The molecule has 0 spiro atoms. The molecule has 46 heavy (non-hydrogen) atoms. The highest BCUT2D eigenvalue weighted by Gasteiger charge is 2.07. The molecule has 0 N–H and O–H groups in total. The van der Waals surface area contributed by atoms with Crippen LogP contribution in [0.4, 0.5) is 0 Å². The maximum atomic E-state index is 2.33. The summed E-state index contributed by atoms with van der Waals surface area (Å²) in [6, 6.07) is 4.66. The van der Waals surface area contributed by atoms with Crippen molar-refractivity contribution in [2.45, 2.75) is 64.2 Å². The molecule has 0 atom stereocenters. The van der Waals surface area contributed by atoms with Crippen LogP contribution in [0.5, 0.6) is 0 Å². The van der Waals surface area contributed by atoms with E-state index in [1.54, 1.807) is 0 Å². The molecule has 0 unspecified atom stereocenters. The minimum absolute atomic E-state index is 1.08. The van der Waals surface area contributed by atoms with E-state index >= 15 is 0 Å². The van der Waals surface area contributed by atoms with E-state index in [1.165, 1.54) is 56.7 Å². The first-order valence-electron chi connectivity index (χ1n) is 17.1. The monoisotopic (exact) mass is 600 g/mol. The molecule has 0 amide bonds. The van der Waals surface area contributed by atoms with Gasteiger partial charge in [-0.05, 0) is 108 Å². The molecule has 0 saturated heterocycles. The zero-order chi connectivity index (χ0) is 31.5. The van der Waals surface area contributed by atoms with Crippen molar-refractivity contribution in [2.75, 3.05) is 0 Å². The quantitative estimate of drug-likeness (QED) is 0.260. The minimum atomic E-state index is 1.08. The van der Waals surface area contributed by atoms with E-state index < -0.39 is 0 Å². The normalized spacial score (nSPS) is 19.3. The van der Waals surface area contributed by atoms with Gasteiger partial charge in [-0.15, -0.1) is 0 Å². The molecule has 8 aliphatic carbocycles. The average Bonchev–Trinajstić information content (AvgIpc) is 3.16. The second-order valence-corrected chi connectivity index (χ2v) is 12.0. The van der Waals surface area contributed by atoms with Gasteiger partial charge in [0.15, 0.2) is 0 Å². The minimum Gasteiger partial charge on any atom is -0.0844 e. The van der Waals surface area contributed by atoms with Crippen LogP contribution in [0.15, 0.2) is 180 Å². The Kier molecular flexibility index (Phi) is 13.5. The highest BCUT2D eigenvalue weighted by Crippen LogP contribution is 2.26. The largest absolute Gasteiger partial charge is 0.0844 e. The number of benzene rings is 1. The van der Waals surface area contributed by atoms with Crippen molar-refractivity contribution in [3.05, 3.63) is 202 Å². The number of fused-ring (bicyclic) bond motifs is 4. The fourth-order valence-electron chi connectivity index (χ4n) is 5.94. The summed E-state index contributed by atoms with van der Waals surface area (Å²) in [6.45, 7) is 0. The predicted octanol–water partition coefficient (Wildman–Crippen LogP) is 10.8. The van der Waals surface area contributed by atoms with Crippen LogP contribution >= 0.6 is 0 Å². The van der Waals surface area contributed by atoms with E-state index in [0.29, 0.717) is 0 Å². The second kappa shape index (κ2) is 19.0. The van der Waals surface area contributed by atoms with Gasteiger partial charge in [-0.25, -0.2) is 0 Å². The summed E-state index contributed by atoms with van der Waals surface area (Å²) < 4.78 is 0. The Bertz CT molecular complexity index is 1640. The van der Waals surface area contributed by atoms with Crippen LogP contribution in [0.25, 0.3) is 12.2 Å². The molecular weight excluding hydrogens is 553 g/mol. The summed E-state index contributed by atoms with van der Waals surface area (Å²) in [5.74, 6) is 0. The molecule has 8 aliphatic rings. The SMILES string of the molecule is C1=CCC2=CC=CCC2=C1.C1=CCC2=CCC=CC2=C1.C1=CCC=CC1.C1=CCCC=C1.C1=CCc2cc3c(cc2=C1)CC=CC=3. The first-order valence-corrected chi connectivity index (χ1v) is 17.1. The summed E-state index contributed by atoms with van der Waals surface area (Å²) in [4.78, 5) is 0. The molecule has 0 heterocycles. The number of hydrogen-bond donors (Lipinski definition) is 0. The number of hydrogen-bond acceptors (Lipinski definition) is 0. The van der Waals surface area contributed by atoms with Crippen molar-refractivity contribution in [3.63, 3.8) is 0 Å². The fraction of sp³-hybridized carbons (Fsp3) is 0.217. The van der Waals surface area contributed by atoms with Gasteiger partial charge in [-0.1, -0.05) is 170 Å². The summed E-state index contributed by atoms with van der Waals surface area (Å²) in [5.41, 5.74) is 8.78. The predicted molar refractivity (Wildman–Crippen MR) is 203 cm³/mol. The van der Waals surface area contributed by atoms with Crippen molar-refractivity contribution >= 4 is 12.2 Å². The summed E-state index contributed by atoms with van der Waals surface area (Å²) in [5, 5.41) is 2.80. The van der Waals surface area contributed by atoms with Crippen molar-refractivity contribution in [3.8, 4) is 0 Å². The van der Waals surface area contributed by atoms with Crippen molar-refractivity contribution in [1.82, 2.24) is 0 Å². The third-order valence-corrected chi connectivity index (χ3v) is 8.53. The Morgan fingerprint density at radius 1 is 0.348 bits per heavy atom. The maximum Gasteiger partial charge on any atom is -0.00882 e. The zero-order valence-electron chi connectivity index (χ0n) is 27.2. The van der Waals surface area contributed by atoms with E-state index in [2.05, 4.69) is 170 Å². The van der Waals surface area contributed by atoms with Crippen LogP contribution in [0.2, 0.25) is 0 Å². The Hall–Kier alpha value is -4.68. The Morgan fingerprint density at radius 3 is 1.30 bits per heavy atom. The molecule has 1 aromatic carbocycles. The van der Waals surface area contributed by atoms with Crippen molar-refractivity contribution in [2.24, 2.45) is 0 Å². The van der Waals surface area contributed by atoms with E-state index in [9.17, 15) is 0 Å². The topological polar surface area (TPSA) is 0 Å². The van der Waals surface area contributed by atoms with E-state index in [0.717, 1.165) is 51.4 Å². The van der Waals surface area contributed by atoms with Crippen molar-refractivity contribution < 1.29 is 0 Å². The molecule has 0 nitrogen and oxygen atoms in total. The first-order chi connectivity index (χ1) is 22.9. The van der Waals surface area contributed by atoms with E-state index in [-0.39, 0.29) is 0 Å². The lowest BCUT2D eigenvalue weighted by molar-refractivity contribution is 1.04. The third kappa shape index (κ3) is 10.7. The van der Waals surface area contributed by atoms with Gasteiger partial charge in [-0.3, -0.25) is 0 Å². The Labute approximate surface area is 277 Å². The highest BCUT2D eigenvalue weighted by atomic mass is 14.1. The van der Waals surface area contributed by atoms with E-state index in [4.69, 9.17) is 0 Å². The summed E-state index contributed by atoms with van der Waals surface area (Å²) >= 11 is 0. The lowest BCUT2D eigenvalue weighted by Gasteiger charge is -2.13. The van der Waals surface area contributed by atoms with Crippen LogP contribution in [-0.4, -0.2) is 0 Å². The molecule has 0 saturated carbocycles. The molecule has 0 radical (unpaired) electrons. The second-order valence-electron chi connectivity index (χ2n) is 12.0. The standard InChI is InChI=1S/C14H12.2C10H10.2C6H8/c1-2-6-12-10-14-8-4-3-7-13(14)9-11(12)5-1;2*1-2-6-10-8-4-3-7-9(10)5-1;2*1-2-4-6-5-3-1/h1-5,8-10H,6-7H2;1-3,5,7-8H,4,6H2;1-5,8H,6-7H2;1-2,5-6H,3-4H2;1-4H,5-6H2. The van der Waals surface area contributed by atoms with Gasteiger partial charge in [-0.2, -0.15) is 0 Å². The van der Waals surface area contributed by atoms with Crippen LogP contribution in [0, 0.1) is 0 Å². The van der Waals surface area contributed by atoms with Crippen LogP contribution in [0.3, 0.4) is 0 Å². The molecule has 1 aromatic rings. The maximum absolute atomic E-state index is 2.33. The van der Waals surface area contributed by atoms with Gasteiger partial charge >= 0.3 is 0 Å². The lowest BCUT2D eigenvalue weighted by Crippen LogP contribution is -2.21. The summed E-state index contributed by atoms with van der Waals surface area (Å²) in [6.07, 6.45) is 68.1. The van der Waals surface area contributed by atoms with Gasteiger partial charge in [0.1, 0.15) is 0 Å². The lowest BCUT2D eigenvalue weighted by atomic mass is 9.92. The van der Waals surface area contributed by atoms with Crippen LogP contribution < -0.4 is 10.4 Å². The molecule has 232 valence electrons. The molecule has 0 bridgehead atoms. The van der Waals surface area contributed by atoms with E-state index in [1.807, 2.05) is 0 Å². The van der Waals surface area contributed by atoms with Gasteiger partial charge in [0.2, 0.25) is 0 Å². The summed E-state index contributed by atoms with van der Waals surface area (Å²) in [7, 11) is 0. The van der Waals surface area contributed by atoms with Crippen molar-refractivity contribution in [1.29, 1.82) is 0 Å². The number of allylic oxidation sites excluding steroid dienone is 28. The Balaban J connectivity index is 0.000000118. The first kappa shape index (κ1) is 32.7. The molecule has 0 fully saturated rings. The van der Waals surface area contributed by atoms with Crippen LogP contribution in [0.1, 0.15) is 62.5 Å². The highest BCUT2D eigenvalue weighted by molar-refractivity contribution is 5.51.